The van der Waals surface area contributed by atoms with Crippen LogP contribution in [0.15, 0.2) is 18.2 Å². The summed E-state index contributed by atoms with van der Waals surface area (Å²) in [7, 11) is 0. The van der Waals surface area contributed by atoms with E-state index in [1.807, 2.05) is 26.0 Å². The summed E-state index contributed by atoms with van der Waals surface area (Å²) >= 11 is 0. The molecule has 0 saturated carbocycles. The number of aryl methyl sites for hydroxylation is 1. The third kappa shape index (κ3) is 3.06. The number of rotatable bonds is 3. The van der Waals surface area contributed by atoms with Crippen LogP contribution in [0.5, 0.6) is 0 Å². The van der Waals surface area contributed by atoms with Crippen molar-refractivity contribution < 1.29 is 9.90 Å². The lowest BCUT2D eigenvalue weighted by Crippen LogP contribution is -2.31. The van der Waals surface area contributed by atoms with Gasteiger partial charge < -0.3 is 10.4 Å². The Labute approximate surface area is 90.1 Å². The van der Waals surface area contributed by atoms with Gasteiger partial charge in [-0.2, -0.15) is 0 Å². The molecule has 0 bridgehead atoms. The number of aliphatic hydroxyl groups is 1. The standard InChI is InChI=1S/C12H17NO2/c1-8-5-4-6-11(10(8)3)12(15)13-7-9(2)14/h4-6,9,14H,7H2,1-3H3,(H,13,15)/t9-/m0/s1. The fourth-order valence-corrected chi connectivity index (χ4v) is 1.33. The number of carbonyl (C=O) groups excluding carboxylic acids is 1. The van der Waals surface area contributed by atoms with E-state index in [9.17, 15) is 4.79 Å². The van der Waals surface area contributed by atoms with Gasteiger partial charge in [-0.3, -0.25) is 4.79 Å². The third-order valence-corrected chi connectivity index (χ3v) is 2.41. The van der Waals surface area contributed by atoms with Gasteiger partial charge in [0, 0.05) is 12.1 Å². The van der Waals surface area contributed by atoms with Gasteiger partial charge >= 0.3 is 0 Å². The van der Waals surface area contributed by atoms with Crippen LogP contribution in [0, 0.1) is 13.8 Å². The second-order valence-corrected chi connectivity index (χ2v) is 3.81. The minimum Gasteiger partial charge on any atom is -0.392 e. The van der Waals surface area contributed by atoms with Crippen molar-refractivity contribution in [2.75, 3.05) is 6.54 Å². The Balaban J connectivity index is 2.78. The van der Waals surface area contributed by atoms with E-state index in [4.69, 9.17) is 5.11 Å². The molecule has 0 aliphatic heterocycles. The Morgan fingerprint density at radius 2 is 2.13 bits per heavy atom. The van der Waals surface area contributed by atoms with Gasteiger partial charge in [0.2, 0.25) is 0 Å². The summed E-state index contributed by atoms with van der Waals surface area (Å²) < 4.78 is 0. The van der Waals surface area contributed by atoms with Crippen LogP contribution >= 0.6 is 0 Å². The lowest BCUT2D eigenvalue weighted by Gasteiger charge is -2.10. The smallest absolute Gasteiger partial charge is 0.251 e. The van der Waals surface area contributed by atoms with Crippen LogP contribution in [0.4, 0.5) is 0 Å². The molecule has 3 heteroatoms. The van der Waals surface area contributed by atoms with Crippen LogP contribution in [0.2, 0.25) is 0 Å². The maximum atomic E-state index is 11.7. The molecule has 1 aromatic carbocycles. The monoisotopic (exact) mass is 207 g/mol. The summed E-state index contributed by atoms with van der Waals surface area (Å²) in [5.41, 5.74) is 2.76. The molecule has 3 nitrogen and oxygen atoms in total. The van der Waals surface area contributed by atoms with Crippen molar-refractivity contribution in [3.8, 4) is 0 Å². The lowest BCUT2D eigenvalue weighted by atomic mass is 10.0. The van der Waals surface area contributed by atoms with Crippen molar-refractivity contribution >= 4 is 5.91 Å². The first-order valence-corrected chi connectivity index (χ1v) is 5.05. The first-order valence-electron chi connectivity index (χ1n) is 5.05. The zero-order chi connectivity index (χ0) is 11.4. The van der Waals surface area contributed by atoms with Crippen molar-refractivity contribution in [1.82, 2.24) is 5.32 Å². The second-order valence-electron chi connectivity index (χ2n) is 3.81. The molecule has 0 saturated heterocycles. The van der Waals surface area contributed by atoms with Crippen molar-refractivity contribution in [3.63, 3.8) is 0 Å². The molecule has 15 heavy (non-hydrogen) atoms. The molecular formula is C12H17NO2. The maximum absolute atomic E-state index is 11.7. The Kier molecular flexibility index (Phi) is 3.86. The van der Waals surface area contributed by atoms with Crippen LogP contribution in [0.1, 0.15) is 28.4 Å². The molecule has 1 rings (SSSR count). The third-order valence-electron chi connectivity index (χ3n) is 2.41. The Morgan fingerprint density at radius 1 is 1.47 bits per heavy atom. The van der Waals surface area contributed by atoms with Gasteiger partial charge in [0.25, 0.3) is 5.91 Å². The average molecular weight is 207 g/mol. The van der Waals surface area contributed by atoms with Crippen LogP contribution in [0.25, 0.3) is 0 Å². The average Bonchev–Trinajstić information content (AvgIpc) is 2.18. The molecule has 0 spiro atoms. The number of carbonyl (C=O) groups is 1. The molecule has 0 radical (unpaired) electrons. The molecule has 1 amide bonds. The highest BCUT2D eigenvalue weighted by Gasteiger charge is 2.09. The fourth-order valence-electron chi connectivity index (χ4n) is 1.33. The molecule has 1 aromatic rings. The van der Waals surface area contributed by atoms with E-state index in [1.165, 1.54) is 0 Å². The first-order chi connectivity index (χ1) is 7.02. The highest BCUT2D eigenvalue weighted by Crippen LogP contribution is 2.12. The molecule has 0 aromatic heterocycles. The number of nitrogens with one attached hydrogen (secondary N) is 1. The Morgan fingerprint density at radius 3 is 2.73 bits per heavy atom. The van der Waals surface area contributed by atoms with Gasteiger partial charge in [-0.05, 0) is 38.0 Å². The summed E-state index contributed by atoms with van der Waals surface area (Å²) in [6.45, 7) is 5.82. The summed E-state index contributed by atoms with van der Waals surface area (Å²) in [5.74, 6) is -0.128. The van der Waals surface area contributed by atoms with Gasteiger partial charge in [-0.15, -0.1) is 0 Å². The zero-order valence-electron chi connectivity index (χ0n) is 9.37. The van der Waals surface area contributed by atoms with Gasteiger partial charge in [-0.25, -0.2) is 0 Å². The predicted molar refractivity (Wildman–Crippen MR) is 59.9 cm³/mol. The number of amides is 1. The van der Waals surface area contributed by atoms with E-state index >= 15 is 0 Å². The van der Waals surface area contributed by atoms with Crippen molar-refractivity contribution in [3.05, 3.63) is 34.9 Å². The molecule has 0 aliphatic rings. The van der Waals surface area contributed by atoms with E-state index in [0.29, 0.717) is 5.56 Å². The topological polar surface area (TPSA) is 49.3 Å². The molecule has 82 valence electrons. The number of aliphatic hydroxyl groups excluding tert-OH is 1. The van der Waals surface area contributed by atoms with Crippen LogP contribution in [0.3, 0.4) is 0 Å². The van der Waals surface area contributed by atoms with Crippen LogP contribution in [-0.4, -0.2) is 23.7 Å². The Bertz CT molecular complexity index is 359. The highest BCUT2D eigenvalue weighted by molar-refractivity contribution is 5.95. The van der Waals surface area contributed by atoms with Crippen LogP contribution < -0.4 is 5.32 Å². The van der Waals surface area contributed by atoms with E-state index in [1.54, 1.807) is 13.0 Å². The lowest BCUT2D eigenvalue weighted by molar-refractivity contribution is 0.0923. The van der Waals surface area contributed by atoms with Gasteiger partial charge in [0.1, 0.15) is 0 Å². The summed E-state index contributed by atoms with van der Waals surface area (Å²) in [5, 5.41) is 11.7. The Hall–Kier alpha value is -1.35. The molecule has 0 heterocycles. The van der Waals surface area contributed by atoms with Gasteiger partial charge in [0.15, 0.2) is 0 Å². The van der Waals surface area contributed by atoms with Crippen molar-refractivity contribution in [2.45, 2.75) is 26.9 Å². The fraction of sp³-hybridized carbons (Fsp3) is 0.417. The quantitative estimate of drug-likeness (QED) is 0.787. The van der Waals surface area contributed by atoms with E-state index < -0.39 is 6.10 Å². The summed E-state index contributed by atoms with van der Waals surface area (Å²) in [6, 6.07) is 5.63. The van der Waals surface area contributed by atoms with Gasteiger partial charge in [-0.1, -0.05) is 12.1 Å². The van der Waals surface area contributed by atoms with E-state index in [2.05, 4.69) is 5.32 Å². The highest BCUT2D eigenvalue weighted by atomic mass is 16.3. The molecule has 1 atom stereocenters. The largest absolute Gasteiger partial charge is 0.392 e. The second kappa shape index (κ2) is 4.94. The predicted octanol–water partition coefficient (Wildman–Crippen LogP) is 1.41. The molecule has 0 unspecified atom stereocenters. The first kappa shape index (κ1) is 11.7. The minimum absolute atomic E-state index is 0.128. The molecule has 2 N–H and O–H groups in total. The number of hydrogen-bond acceptors (Lipinski definition) is 2. The van der Waals surface area contributed by atoms with E-state index in [0.717, 1.165) is 11.1 Å². The van der Waals surface area contributed by atoms with Gasteiger partial charge in [0.05, 0.1) is 6.10 Å². The normalized spacial score (nSPS) is 12.3. The summed E-state index contributed by atoms with van der Waals surface area (Å²) in [4.78, 5) is 11.7. The number of hydrogen-bond donors (Lipinski definition) is 2. The summed E-state index contributed by atoms with van der Waals surface area (Å²) in [6.07, 6.45) is -0.515. The van der Waals surface area contributed by atoms with E-state index in [-0.39, 0.29) is 12.5 Å². The SMILES string of the molecule is Cc1cccc(C(=O)NC[C@H](C)O)c1C. The van der Waals surface area contributed by atoms with Crippen molar-refractivity contribution in [2.24, 2.45) is 0 Å². The molecular weight excluding hydrogens is 190 g/mol. The number of benzene rings is 1. The van der Waals surface area contributed by atoms with Crippen molar-refractivity contribution in [1.29, 1.82) is 0 Å². The minimum atomic E-state index is -0.515. The molecule has 0 fully saturated rings. The zero-order valence-corrected chi connectivity index (χ0v) is 9.37. The van der Waals surface area contributed by atoms with Crippen LogP contribution in [-0.2, 0) is 0 Å². The molecule has 0 aliphatic carbocycles. The maximum Gasteiger partial charge on any atom is 0.251 e.